The maximum absolute atomic E-state index is 10.8. The molecule has 2 N–H and O–H groups in total. The molecule has 0 heterocycles. The molecule has 0 saturated carbocycles. The number of hydrogen-bond acceptors (Lipinski definition) is 2. The van der Waals surface area contributed by atoms with Gasteiger partial charge < -0.3 is 10.4 Å². The zero-order chi connectivity index (χ0) is 12.5. The number of nitrogens with one attached hydrogen (secondary N) is 1. The Balaban J connectivity index is 2.28. The van der Waals surface area contributed by atoms with Gasteiger partial charge in [0.2, 0.25) is 0 Å². The van der Waals surface area contributed by atoms with Gasteiger partial charge in [-0.05, 0) is 29.9 Å². The Labute approximate surface area is 104 Å². The van der Waals surface area contributed by atoms with Gasteiger partial charge in [0, 0.05) is 12.6 Å². The fourth-order valence-corrected chi connectivity index (χ4v) is 2.65. The highest BCUT2D eigenvalue weighted by molar-refractivity contribution is 5.37. The van der Waals surface area contributed by atoms with Crippen molar-refractivity contribution in [3.8, 4) is 0 Å². The minimum absolute atomic E-state index is 0.408. The van der Waals surface area contributed by atoms with E-state index >= 15 is 0 Å². The number of aliphatic hydroxyl groups is 1. The van der Waals surface area contributed by atoms with Crippen LogP contribution in [0.4, 0.5) is 0 Å². The molecule has 2 nitrogen and oxygen atoms in total. The highest BCUT2D eigenvalue weighted by atomic mass is 16.3. The Morgan fingerprint density at radius 3 is 2.82 bits per heavy atom. The van der Waals surface area contributed by atoms with Crippen LogP contribution in [0.15, 0.2) is 24.3 Å². The van der Waals surface area contributed by atoms with Gasteiger partial charge >= 0.3 is 0 Å². The molecule has 0 bridgehead atoms. The van der Waals surface area contributed by atoms with Crippen molar-refractivity contribution in [2.24, 2.45) is 0 Å². The summed E-state index contributed by atoms with van der Waals surface area (Å²) in [6.07, 6.45) is 1.91. The van der Waals surface area contributed by atoms with Crippen LogP contribution in [0.25, 0.3) is 0 Å². The summed E-state index contributed by atoms with van der Waals surface area (Å²) in [6, 6.07) is 8.73. The first-order valence-corrected chi connectivity index (χ1v) is 6.58. The van der Waals surface area contributed by atoms with Crippen molar-refractivity contribution in [3.05, 3.63) is 35.4 Å². The molecule has 0 amide bonds. The van der Waals surface area contributed by atoms with Crippen molar-refractivity contribution < 1.29 is 5.11 Å². The summed E-state index contributed by atoms with van der Waals surface area (Å²) in [7, 11) is 0. The van der Waals surface area contributed by atoms with Gasteiger partial charge in [-0.1, -0.05) is 45.0 Å². The molecule has 1 aliphatic carbocycles. The van der Waals surface area contributed by atoms with E-state index in [1.165, 1.54) is 5.56 Å². The van der Waals surface area contributed by atoms with E-state index < -0.39 is 5.60 Å². The monoisotopic (exact) mass is 233 g/mol. The van der Waals surface area contributed by atoms with Crippen LogP contribution in [0, 0.1) is 0 Å². The molecule has 1 aromatic rings. The third-order valence-corrected chi connectivity index (χ3v) is 3.79. The van der Waals surface area contributed by atoms with Gasteiger partial charge in [-0.2, -0.15) is 0 Å². The van der Waals surface area contributed by atoms with E-state index in [2.05, 4.69) is 44.3 Å². The smallest absolute Gasteiger partial charge is 0.102 e. The Kier molecular flexibility index (Phi) is 3.55. The molecule has 0 saturated heterocycles. The lowest BCUT2D eigenvalue weighted by Crippen LogP contribution is -2.43. The molecule has 2 heteroatoms. The van der Waals surface area contributed by atoms with E-state index in [9.17, 15) is 5.11 Å². The SMILES string of the molecule is CC(C)NCC1(O)CCC(C)c2ccccc21. The second-order valence-corrected chi connectivity index (χ2v) is 5.59. The van der Waals surface area contributed by atoms with Crippen molar-refractivity contribution in [3.63, 3.8) is 0 Å². The van der Waals surface area contributed by atoms with E-state index in [-0.39, 0.29) is 0 Å². The van der Waals surface area contributed by atoms with Crippen LogP contribution in [-0.4, -0.2) is 17.7 Å². The first kappa shape index (κ1) is 12.6. The van der Waals surface area contributed by atoms with E-state index in [0.717, 1.165) is 18.4 Å². The van der Waals surface area contributed by atoms with E-state index in [4.69, 9.17) is 0 Å². The lowest BCUT2D eigenvalue weighted by atomic mass is 9.74. The minimum atomic E-state index is -0.687. The molecule has 2 rings (SSSR count). The van der Waals surface area contributed by atoms with E-state index in [1.54, 1.807) is 0 Å². The third kappa shape index (κ3) is 2.53. The highest BCUT2D eigenvalue weighted by Gasteiger charge is 2.36. The van der Waals surface area contributed by atoms with Crippen LogP contribution in [0.1, 0.15) is 50.7 Å². The van der Waals surface area contributed by atoms with Gasteiger partial charge in [0.1, 0.15) is 5.60 Å². The molecule has 94 valence electrons. The van der Waals surface area contributed by atoms with Crippen LogP contribution >= 0.6 is 0 Å². The van der Waals surface area contributed by atoms with E-state index in [0.29, 0.717) is 18.5 Å². The maximum Gasteiger partial charge on any atom is 0.102 e. The second kappa shape index (κ2) is 4.79. The van der Waals surface area contributed by atoms with Crippen molar-refractivity contribution in [1.82, 2.24) is 5.32 Å². The topological polar surface area (TPSA) is 32.3 Å². The predicted molar refractivity (Wildman–Crippen MR) is 71.1 cm³/mol. The van der Waals surface area contributed by atoms with Gasteiger partial charge in [0.25, 0.3) is 0 Å². The first-order valence-electron chi connectivity index (χ1n) is 6.58. The average Bonchev–Trinajstić information content (AvgIpc) is 2.32. The molecule has 17 heavy (non-hydrogen) atoms. The molecule has 0 aromatic heterocycles. The molecule has 0 aliphatic heterocycles. The number of benzene rings is 1. The second-order valence-electron chi connectivity index (χ2n) is 5.59. The van der Waals surface area contributed by atoms with Gasteiger partial charge in [0.15, 0.2) is 0 Å². The maximum atomic E-state index is 10.8. The zero-order valence-electron chi connectivity index (χ0n) is 11.0. The average molecular weight is 233 g/mol. The summed E-state index contributed by atoms with van der Waals surface area (Å²) in [6.45, 7) is 7.12. The predicted octanol–water partition coefficient (Wildman–Crippen LogP) is 2.77. The lowest BCUT2D eigenvalue weighted by Gasteiger charge is -2.38. The molecular weight excluding hydrogens is 210 g/mol. The zero-order valence-corrected chi connectivity index (χ0v) is 11.0. The van der Waals surface area contributed by atoms with Crippen molar-refractivity contribution >= 4 is 0 Å². The number of rotatable bonds is 3. The third-order valence-electron chi connectivity index (χ3n) is 3.79. The summed E-state index contributed by atoms with van der Waals surface area (Å²) < 4.78 is 0. The van der Waals surface area contributed by atoms with Gasteiger partial charge in [0.05, 0.1) is 0 Å². The van der Waals surface area contributed by atoms with Crippen LogP contribution in [0.2, 0.25) is 0 Å². The summed E-state index contributed by atoms with van der Waals surface area (Å²) in [5, 5.41) is 14.2. The Bertz CT molecular complexity index is 388. The minimum Gasteiger partial charge on any atom is -0.384 e. The van der Waals surface area contributed by atoms with Crippen LogP contribution in [-0.2, 0) is 5.60 Å². The highest BCUT2D eigenvalue weighted by Crippen LogP contribution is 2.40. The Hall–Kier alpha value is -0.860. The molecule has 2 unspecified atom stereocenters. The standard InChI is InChI=1S/C15H23NO/c1-11(2)16-10-15(17)9-8-12(3)13-6-4-5-7-14(13)15/h4-7,11-12,16-17H,8-10H2,1-3H3. The fraction of sp³-hybridized carbons (Fsp3) is 0.600. The van der Waals surface area contributed by atoms with Crippen molar-refractivity contribution in [2.45, 2.75) is 51.2 Å². The molecule has 0 fully saturated rings. The van der Waals surface area contributed by atoms with Crippen LogP contribution in [0.3, 0.4) is 0 Å². The van der Waals surface area contributed by atoms with Crippen molar-refractivity contribution in [1.29, 1.82) is 0 Å². The van der Waals surface area contributed by atoms with Gasteiger partial charge in [-0.25, -0.2) is 0 Å². The Morgan fingerprint density at radius 2 is 2.12 bits per heavy atom. The molecule has 0 radical (unpaired) electrons. The summed E-state index contributed by atoms with van der Waals surface area (Å²) >= 11 is 0. The molecule has 2 atom stereocenters. The Morgan fingerprint density at radius 1 is 1.41 bits per heavy atom. The van der Waals surface area contributed by atoms with Gasteiger partial charge in [-0.15, -0.1) is 0 Å². The molecule has 1 aliphatic rings. The molecule has 0 spiro atoms. The van der Waals surface area contributed by atoms with Crippen molar-refractivity contribution in [2.75, 3.05) is 6.54 Å². The normalized spacial score (nSPS) is 28.2. The van der Waals surface area contributed by atoms with E-state index in [1.807, 2.05) is 6.07 Å². The molecular formula is C15H23NO. The van der Waals surface area contributed by atoms with Crippen LogP contribution < -0.4 is 5.32 Å². The quantitative estimate of drug-likeness (QED) is 0.841. The largest absolute Gasteiger partial charge is 0.384 e. The van der Waals surface area contributed by atoms with Gasteiger partial charge in [-0.3, -0.25) is 0 Å². The number of fused-ring (bicyclic) bond motifs is 1. The number of hydrogen-bond donors (Lipinski definition) is 2. The summed E-state index contributed by atoms with van der Waals surface area (Å²) in [5.41, 5.74) is 1.74. The summed E-state index contributed by atoms with van der Waals surface area (Å²) in [5.74, 6) is 0.561. The fourth-order valence-electron chi connectivity index (χ4n) is 2.65. The molecule has 1 aromatic carbocycles. The summed E-state index contributed by atoms with van der Waals surface area (Å²) in [4.78, 5) is 0. The van der Waals surface area contributed by atoms with Crippen LogP contribution in [0.5, 0.6) is 0 Å². The lowest BCUT2D eigenvalue weighted by molar-refractivity contribution is 0.0145. The first-order chi connectivity index (χ1) is 8.03.